The lowest BCUT2D eigenvalue weighted by Gasteiger charge is -2.12. The number of nitriles is 1. The molecule has 1 atom stereocenters. The third-order valence-corrected chi connectivity index (χ3v) is 4.81. The zero-order valence-corrected chi connectivity index (χ0v) is 11.9. The van der Waals surface area contributed by atoms with Gasteiger partial charge in [-0.2, -0.15) is 17.0 Å². The Morgan fingerprint density at radius 2 is 2.42 bits per heavy atom. The second-order valence-corrected chi connectivity index (χ2v) is 6.15. The second kappa shape index (κ2) is 5.26. The molecule has 1 aromatic heterocycles. The molecule has 1 aliphatic rings. The van der Waals surface area contributed by atoms with Crippen molar-refractivity contribution in [2.45, 2.75) is 32.2 Å². The number of imidazole rings is 1. The van der Waals surface area contributed by atoms with Crippen molar-refractivity contribution in [1.29, 1.82) is 5.26 Å². The predicted octanol–water partition coefficient (Wildman–Crippen LogP) is 3.54. The van der Waals surface area contributed by atoms with Gasteiger partial charge in [0.25, 0.3) is 0 Å². The third kappa shape index (κ3) is 2.23. The Bertz CT molecular complexity index is 633. The predicted molar refractivity (Wildman–Crippen MR) is 79.4 cm³/mol. The smallest absolute Gasteiger partial charge is 0.113 e. The van der Waals surface area contributed by atoms with E-state index in [2.05, 4.69) is 17.6 Å². The number of hydrogen-bond donors (Lipinski definition) is 0. The summed E-state index contributed by atoms with van der Waals surface area (Å²) in [6.45, 7) is 3.21. The van der Waals surface area contributed by atoms with Gasteiger partial charge in [0.05, 0.1) is 22.7 Å². The summed E-state index contributed by atoms with van der Waals surface area (Å²) < 4.78 is 2.35. The molecule has 1 aromatic carbocycles. The van der Waals surface area contributed by atoms with Gasteiger partial charge in [-0.25, -0.2) is 4.98 Å². The zero-order valence-electron chi connectivity index (χ0n) is 11.1. The summed E-state index contributed by atoms with van der Waals surface area (Å²) in [6.07, 6.45) is 2.33. The van der Waals surface area contributed by atoms with Gasteiger partial charge in [-0.05, 0) is 36.8 Å². The average molecular weight is 271 g/mol. The van der Waals surface area contributed by atoms with E-state index in [-0.39, 0.29) is 0 Å². The minimum Gasteiger partial charge on any atom is -0.328 e. The summed E-state index contributed by atoms with van der Waals surface area (Å²) in [5.41, 5.74) is 2.84. The molecule has 0 bridgehead atoms. The summed E-state index contributed by atoms with van der Waals surface area (Å²) in [5.74, 6) is 4.22. The van der Waals surface area contributed by atoms with Gasteiger partial charge in [0.15, 0.2) is 0 Å². The summed E-state index contributed by atoms with van der Waals surface area (Å²) in [4.78, 5) is 4.82. The molecule has 3 rings (SSSR count). The lowest BCUT2D eigenvalue weighted by molar-refractivity contribution is 0.607. The molecule has 0 amide bonds. The lowest BCUT2D eigenvalue weighted by Crippen LogP contribution is -2.08. The molecule has 0 aliphatic carbocycles. The SMILES string of the molecule is CCCn1c(C2CCSC2)nc2cc(C#N)ccc21. The number of thioether (sulfide) groups is 1. The first-order valence-corrected chi connectivity index (χ1v) is 7.97. The van der Waals surface area contributed by atoms with Crippen molar-refractivity contribution in [2.75, 3.05) is 11.5 Å². The van der Waals surface area contributed by atoms with E-state index in [0.717, 1.165) is 18.5 Å². The Morgan fingerprint density at radius 1 is 1.53 bits per heavy atom. The van der Waals surface area contributed by atoms with Crippen LogP contribution in [0.15, 0.2) is 18.2 Å². The molecule has 1 aliphatic heterocycles. The topological polar surface area (TPSA) is 41.6 Å². The highest BCUT2D eigenvalue weighted by atomic mass is 32.2. The molecule has 4 heteroatoms. The van der Waals surface area contributed by atoms with E-state index < -0.39 is 0 Å². The highest BCUT2D eigenvalue weighted by Gasteiger charge is 2.23. The van der Waals surface area contributed by atoms with Crippen LogP contribution in [0.25, 0.3) is 11.0 Å². The first-order valence-electron chi connectivity index (χ1n) is 6.81. The molecule has 1 unspecified atom stereocenters. The number of rotatable bonds is 3. The van der Waals surface area contributed by atoms with Crippen LogP contribution in [0, 0.1) is 11.3 Å². The molecule has 0 spiro atoms. The Morgan fingerprint density at radius 3 is 3.11 bits per heavy atom. The standard InChI is InChI=1S/C15H17N3S/c1-2-6-18-14-4-3-11(9-16)8-13(14)17-15(18)12-5-7-19-10-12/h3-4,8,12H,2,5-7,10H2,1H3. The van der Waals surface area contributed by atoms with E-state index in [1.54, 1.807) is 0 Å². The van der Waals surface area contributed by atoms with Gasteiger partial charge in [-0.1, -0.05) is 6.92 Å². The lowest BCUT2D eigenvalue weighted by atomic mass is 10.1. The molecule has 3 nitrogen and oxygen atoms in total. The maximum atomic E-state index is 9.00. The van der Waals surface area contributed by atoms with Crippen molar-refractivity contribution in [1.82, 2.24) is 9.55 Å². The molecular weight excluding hydrogens is 254 g/mol. The molecular formula is C15H17N3S. The molecule has 1 fully saturated rings. The number of hydrogen-bond acceptors (Lipinski definition) is 3. The van der Waals surface area contributed by atoms with Crippen molar-refractivity contribution in [3.8, 4) is 6.07 Å². The normalized spacial score (nSPS) is 18.8. The van der Waals surface area contributed by atoms with Crippen LogP contribution < -0.4 is 0 Å². The van der Waals surface area contributed by atoms with Gasteiger partial charge in [0.2, 0.25) is 0 Å². The minimum atomic E-state index is 0.578. The van der Waals surface area contributed by atoms with Gasteiger partial charge in [-0.3, -0.25) is 0 Å². The average Bonchev–Trinajstić information content (AvgIpc) is 3.06. The fraction of sp³-hybridized carbons (Fsp3) is 0.467. The number of aryl methyl sites for hydroxylation is 1. The minimum absolute atomic E-state index is 0.578. The monoisotopic (exact) mass is 271 g/mol. The molecule has 0 radical (unpaired) electrons. The number of aromatic nitrogens is 2. The van der Waals surface area contributed by atoms with Gasteiger partial charge in [0, 0.05) is 18.2 Å². The van der Waals surface area contributed by atoms with Crippen LogP contribution in [0.1, 0.15) is 37.1 Å². The summed E-state index contributed by atoms with van der Waals surface area (Å²) in [6, 6.07) is 8.04. The largest absolute Gasteiger partial charge is 0.328 e. The van der Waals surface area contributed by atoms with Crippen LogP contribution in [-0.2, 0) is 6.54 Å². The fourth-order valence-corrected chi connectivity index (χ4v) is 3.94. The van der Waals surface area contributed by atoms with Gasteiger partial charge < -0.3 is 4.57 Å². The van der Waals surface area contributed by atoms with Crippen LogP contribution >= 0.6 is 11.8 Å². The highest BCUT2D eigenvalue weighted by Crippen LogP contribution is 2.33. The maximum Gasteiger partial charge on any atom is 0.113 e. The summed E-state index contributed by atoms with van der Waals surface area (Å²) in [5, 5.41) is 9.00. The first-order chi connectivity index (χ1) is 9.33. The zero-order chi connectivity index (χ0) is 13.2. The van der Waals surface area contributed by atoms with Crippen LogP contribution in [0.3, 0.4) is 0 Å². The van der Waals surface area contributed by atoms with E-state index >= 15 is 0 Å². The molecule has 0 saturated carbocycles. The van der Waals surface area contributed by atoms with Crippen LogP contribution in [-0.4, -0.2) is 21.1 Å². The molecule has 1 saturated heterocycles. The van der Waals surface area contributed by atoms with E-state index in [4.69, 9.17) is 10.2 Å². The van der Waals surface area contributed by atoms with E-state index in [9.17, 15) is 0 Å². The number of benzene rings is 1. The van der Waals surface area contributed by atoms with Gasteiger partial charge >= 0.3 is 0 Å². The number of fused-ring (bicyclic) bond motifs is 1. The quantitative estimate of drug-likeness (QED) is 0.857. The van der Waals surface area contributed by atoms with Crippen LogP contribution in [0.5, 0.6) is 0 Å². The van der Waals surface area contributed by atoms with E-state index in [1.807, 2.05) is 30.0 Å². The molecule has 2 heterocycles. The van der Waals surface area contributed by atoms with Crippen LogP contribution in [0.4, 0.5) is 0 Å². The fourth-order valence-electron chi connectivity index (χ4n) is 2.73. The number of nitrogens with zero attached hydrogens (tertiary/aromatic N) is 3. The van der Waals surface area contributed by atoms with E-state index in [0.29, 0.717) is 11.5 Å². The first kappa shape index (κ1) is 12.6. The third-order valence-electron chi connectivity index (χ3n) is 3.65. The van der Waals surface area contributed by atoms with Gasteiger partial charge in [0.1, 0.15) is 5.82 Å². The highest BCUT2D eigenvalue weighted by molar-refractivity contribution is 7.99. The molecule has 98 valence electrons. The van der Waals surface area contributed by atoms with Gasteiger partial charge in [-0.15, -0.1) is 0 Å². The molecule has 0 N–H and O–H groups in total. The summed E-state index contributed by atoms with van der Waals surface area (Å²) in [7, 11) is 0. The van der Waals surface area contributed by atoms with Crippen molar-refractivity contribution in [2.24, 2.45) is 0 Å². The Balaban J connectivity index is 2.13. The van der Waals surface area contributed by atoms with E-state index in [1.165, 1.54) is 29.3 Å². The maximum absolute atomic E-state index is 9.00. The molecule has 19 heavy (non-hydrogen) atoms. The Kier molecular flexibility index (Phi) is 3.48. The summed E-state index contributed by atoms with van der Waals surface area (Å²) >= 11 is 2.02. The second-order valence-electron chi connectivity index (χ2n) is 5.00. The molecule has 2 aromatic rings. The van der Waals surface area contributed by atoms with Crippen molar-refractivity contribution in [3.63, 3.8) is 0 Å². The Labute approximate surface area is 117 Å². The van der Waals surface area contributed by atoms with Crippen molar-refractivity contribution < 1.29 is 0 Å². The van der Waals surface area contributed by atoms with Crippen molar-refractivity contribution in [3.05, 3.63) is 29.6 Å². The van der Waals surface area contributed by atoms with Crippen LogP contribution in [0.2, 0.25) is 0 Å². The van der Waals surface area contributed by atoms with Crippen molar-refractivity contribution >= 4 is 22.8 Å². The Hall–Kier alpha value is -1.47.